The first kappa shape index (κ1) is 15.3. The van der Waals surface area contributed by atoms with E-state index in [9.17, 15) is 4.79 Å². The summed E-state index contributed by atoms with van der Waals surface area (Å²) in [5, 5.41) is 2.95. The van der Waals surface area contributed by atoms with Crippen LogP contribution in [0.3, 0.4) is 0 Å². The fourth-order valence-corrected chi connectivity index (χ4v) is 2.96. The zero-order valence-corrected chi connectivity index (χ0v) is 13.5. The third-order valence-corrected chi connectivity index (χ3v) is 3.74. The van der Waals surface area contributed by atoms with Gasteiger partial charge in [-0.2, -0.15) is 0 Å². The maximum atomic E-state index is 11.9. The summed E-state index contributed by atoms with van der Waals surface area (Å²) in [6, 6.07) is 4.08. The zero-order valence-electron chi connectivity index (χ0n) is 11.9. The minimum atomic E-state index is 0.0428. The van der Waals surface area contributed by atoms with Crippen LogP contribution in [0, 0.1) is 5.92 Å². The molecule has 0 aliphatic carbocycles. The first-order valence-corrected chi connectivity index (χ1v) is 7.59. The zero-order chi connectivity index (χ0) is 14.5. The lowest BCUT2D eigenvalue weighted by Gasteiger charge is -2.12. The summed E-state index contributed by atoms with van der Waals surface area (Å²) in [5.41, 5.74) is 2.23. The van der Waals surface area contributed by atoms with Gasteiger partial charge in [0.1, 0.15) is 5.75 Å². The molecule has 1 N–H and O–H groups in total. The van der Waals surface area contributed by atoms with Gasteiger partial charge in [0.25, 0.3) is 0 Å². The van der Waals surface area contributed by atoms with Crippen molar-refractivity contribution in [3.63, 3.8) is 0 Å². The van der Waals surface area contributed by atoms with E-state index in [0.29, 0.717) is 19.6 Å². The second-order valence-electron chi connectivity index (χ2n) is 5.19. The normalized spacial score (nSPS) is 14.6. The lowest BCUT2D eigenvalue weighted by atomic mass is 10.1. The Balaban J connectivity index is 1.93. The third-order valence-electron chi connectivity index (χ3n) is 3.29. The molecule has 0 spiro atoms. The molecule has 1 aliphatic rings. The second kappa shape index (κ2) is 7.09. The lowest BCUT2D eigenvalue weighted by molar-refractivity contribution is -0.122. The summed E-state index contributed by atoms with van der Waals surface area (Å²) in [6.45, 7) is 3.82. The molecule has 4 nitrogen and oxygen atoms in total. The molecule has 0 fully saturated rings. The SMILES string of the molecule is COCC(C)CC(=O)NCc1cc(Br)cc2c1OCC2. The van der Waals surface area contributed by atoms with Crippen LogP contribution in [0.15, 0.2) is 16.6 Å². The van der Waals surface area contributed by atoms with Gasteiger partial charge in [0, 0.05) is 43.1 Å². The standard InChI is InChI=1S/C15H20BrNO3/c1-10(9-19-2)5-14(18)17-8-12-7-13(16)6-11-3-4-20-15(11)12/h6-7,10H,3-5,8-9H2,1-2H3,(H,17,18). The summed E-state index contributed by atoms with van der Waals surface area (Å²) in [6.07, 6.45) is 1.41. The molecule has 1 aromatic carbocycles. The number of halogens is 1. The van der Waals surface area contributed by atoms with Gasteiger partial charge in [-0.3, -0.25) is 4.79 Å². The van der Waals surface area contributed by atoms with E-state index in [1.807, 2.05) is 13.0 Å². The molecule has 5 heteroatoms. The average molecular weight is 342 g/mol. The van der Waals surface area contributed by atoms with Crippen LogP contribution in [0.1, 0.15) is 24.5 Å². The van der Waals surface area contributed by atoms with Crippen LogP contribution in [-0.4, -0.2) is 26.2 Å². The van der Waals surface area contributed by atoms with Crippen LogP contribution >= 0.6 is 15.9 Å². The number of nitrogens with one attached hydrogen (secondary N) is 1. The van der Waals surface area contributed by atoms with Gasteiger partial charge < -0.3 is 14.8 Å². The minimum Gasteiger partial charge on any atom is -0.493 e. The minimum absolute atomic E-state index is 0.0428. The van der Waals surface area contributed by atoms with E-state index in [0.717, 1.165) is 28.8 Å². The summed E-state index contributed by atoms with van der Waals surface area (Å²) in [7, 11) is 1.65. The monoisotopic (exact) mass is 341 g/mol. The molecule has 2 rings (SSSR count). The highest BCUT2D eigenvalue weighted by Crippen LogP contribution is 2.32. The Hall–Kier alpha value is -1.07. The number of hydrogen-bond acceptors (Lipinski definition) is 3. The molecule has 0 aromatic heterocycles. The number of carbonyl (C=O) groups excluding carboxylic acids is 1. The molecule has 0 saturated heterocycles. The number of methoxy groups -OCH3 is 1. The fourth-order valence-electron chi connectivity index (χ4n) is 2.40. The number of carbonyl (C=O) groups is 1. The van der Waals surface area contributed by atoms with Crippen molar-refractivity contribution in [2.75, 3.05) is 20.3 Å². The van der Waals surface area contributed by atoms with Crippen LogP contribution < -0.4 is 10.1 Å². The van der Waals surface area contributed by atoms with Crippen molar-refractivity contribution in [3.8, 4) is 5.75 Å². The quantitative estimate of drug-likeness (QED) is 0.865. The van der Waals surface area contributed by atoms with E-state index in [1.165, 1.54) is 5.56 Å². The number of benzene rings is 1. The second-order valence-corrected chi connectivity index (χ2v) is 6.11. The molecule has 110 valence electrons. The topological polar surface area (TPSA) is 47.6 Å². The number of ether oxygens (including phenoxy) is 2. The maximum absolute atomic E-state index is 11.9. The molecule has 1 heterocycles. The van der Waals surface area contributed by atoms with E-state index in [2.05, 4.69) is 27.3 Å². The molecule has 1 unspecified atom stereocenters. The van der Waals surface area contributed by atoms with Gasteiger partial charge in [-0.05, 0) is 23.6 Å². The maximum Gasteiger partial charge on any atom is 0.220 e. The number of amides is 1. The molecule has 20 heavy (non-hydrogen) atoms. The van der Waals surface area contributed by atoms with Crippen molar-refractivity contribution in [2.45, 2.75) is 26.3 Å². The molecule has 0 bridgehead atoms. The molecule has 1 aliphatic heterocycles. The highest BCUT2D eigenvalue weighted by atomic mass is 79.9. The Morgan fingerprint density at radius 3 is 3.10 bits per heavy atom. The van der Waals surface area contributed by atoms with E-state index in [1.54, 1.807) is 7.11 Å². The van der Waals surface area contributed by atoms with Gasteiger partial charge in [0.05, 0.1) is 6.61 Å². The Bertz CT molecular complexity index is 490. The Kier molecular flexibility index (Phi) is 5.43. The predicted octanol–water partition coefficient (Wildman–Crippen LogP) is 2.67. The van der Waals surface area contributed by atoms with E-state index < -0.39 is 0 Å². The summed E-state index contributed by atoms with van der Waals surface area (Å²) >= 11 is 3.50. The molecule has 0 saturated carbocycles. The van der Waals surface area contributed by atoms with Crippen molar-refractivity contribution >= 4 is 21.8 Å². The highest BCUT2D eigenvalue weighted by molar-refractivity contribution is 9.10. The van der Waals surface area contributed by atoms with Crippen LogP contribution in [-0.2, 0) is 22.5 Å². The first-order chi connectivity index (χ1) is 9.60. The predicted molar refractivity (Wildman–Crippen MR) is 80.8 cm³/mol. The van der Waals surface area contributed by atoms with Crippen molar-refractivity contribution in [2.24, 2.45) is 5.92 Å². The first-order valence-electron chi connectivity index (χ1n) is 6.80. The van der Waals surface area contributed by atoms with Gasteiger partial charge in [0.15, 0.2) is 0 Å². The highest BCUT2D eigenvalue weighted by Gasteiger charge is 2.18. The lowest BCUT2D eigenvalue weighted by Crippen LogP contribution is -2.25. The average Bonchev–Trinajstić information content (AvgIpc) is 2.84. The Morgan fingerprint density at radius 1 is 1.55 bits per heavy atom. The van der Waals surface area contributed by atoms with Crippen LogP contribution in [0.25, 0.3) is 0 Å². The smallest absolute Gasteiger partial charge is 0.220 e. The van der Waals surface area contributed by atoms with E-state index in [-0.39, 0.29) is 11.8 Å². The molecule has 1 aromatic rings. The van der Waals surface area contributed by atoms with Crippen molar-refractivity contribution in [3.05, 3.63) is 27.7 Å². The number of rotatable bonds is 6. The van der Waals surface area contributed by atoms with Gasteiger partial charge in [0.2, 0.25) is 5.91 Å². The van der Waals surface area contributed by atoms with E-state index >= 15 is 0 Å². The molecule has 0 radical (unpaired) electrons. The van der Waals surface area contributed by atoms with E-state index in [4.69, 9.17) is 9.47 Å². The van der Waals surface area contributed by atoms with Crippen LogP contribution in [0.2, 0.25) is 0 Å². The van der Waals surface area contributed by atoms with Crippen molar-refractivity contribution < 1.29 is 14.3 Å². The van der Waals surface area contributed by atoms with Gasteiger partial charge in [-0.25, -0.2) is 0 Å². The van der Waals surface area contributed by atoms with Gasteiger partial charge in [-0.1, -0.05) is 22.9 Å². The molecule has 1 atom stereocenters. The summed E-state index contributed by atoms with van der Waals surface area (Å²) in [5.74, 6) is 1.20. The van der Waals surface area contributed by atoms with Crippen LogP contribution in [0.5, 0.6) is 5.75 Å². The summed E-state index contributed by atoms with van der Waals surface area (Å²) < 4.78 is 11.7. The molecular weight excluding hydrogens is 322 g/mol. The van der Waals surface area contributed by atoms with Gasteiger partial charge >= 0.3 is 0 Å². The molecular formula is C15H20BrNO3. The summed E-state index contributed by atoms with van der Waals surface area (Å²) in [4.78, 5) is 11.9. The number of fused-ring (bicyclic) bond motifs is 1. The Morgan fingerprint density at radius 2 is 2.35 bits per heavy atom. The third kappa shape index (κ3) is 3.96. The van der Waals surface area contributed by atoms with Crippen LogP contribution in [0.4, 0.5) is 0 Å². The van der Waals surface area contributed by atoms with Crippen molar-refractivity contribution in [1.82, 2.24) is 5.32 Å². The number of hydrogen-bond donors (Lipinski definition) is 1. The molecule has 1 amide bonds. The Labute approximate surface area is 128 Å². The van der Waals surface area contributed by atoms with Crippen molar-refractivity contribution in [1.29, 1.82) is 0 Å². The van der Waals surface area contributed by atoms with Gasteiger partial charge in [-0.15, -0.1) is 0 Å². The fraction of sp³-hybridized carbons (Fsp3) is 0.533. The largest absolute Gasteiger partial charge is 0.493 e.